The Morgan fingerprint density at radius 1 is 0.821 bits per heavy atom. The number of hydrogen-bond acceptors (Lipinski definition) is 3. The monoisotopic (exact) mass is 368 g/mol. The molecule has 4 heteroatoms. The van der Waals surface area contributed by atoms with Crippen molar-refractivity contribution in [3.05, 3.63) is 72.4 Å². The number of pyridine rings is 2. The lowest BCUT2D eigenvalue weighted by Gasteiger charge is -2.11. The van der Waals surface area contributed by atoms with E-state index in [1.807, 2.05) is 24.3 Å². The molecule has 3 heterocycles. The standard InChI is InChI=1S/C24H20N2O2/c1-15-7-6-10-26-22(15)14-20-19-8-4-5-9-21(19)25-23(24(20)26)16-11-17(27-2)13-18(12-16)28-3/h4-14H,1-3H3. The number of methoxy groups -OCH3 is 2. The zero-order chi connectivity index (χ0) is 19.3. The van der Waals surface area contributed by atoms with Gasteiger partial charge in [0.15, 0.2) is 0 Å². The van der Waals surface area contributed by atoms with Gasteiger partial charge in [0.25, 0.3) is 0 Å². The van der Waals surface area contributed by atoms with Crippen LogP contribution in [0.2, 0.25) is 0 Å². The van der Waals surface area contributed by atoms with Gasteiger partial charge in [-0.2, -0.15) is 0 Å². The Balaban J connectivity index is 1.98. The molecular weight excluding hydrogens is 348 g/mol. The lowest BCUT2D eigenvalue weighted by molar-refractivity contribution is 0.394. The summed E-state index contributed by atoms with van der Waals surface area (Å²) in [4.78, 5) is 5.04. The van der Waals surface area contributed by atoms with Crippen molar-refractivity contribution in [2.75, 3.05) is 14.2 Å². The molecule has 0 unspecified atom stereocenters. The highest BCUT2D eigenvalue weighted by molar-refractivity contribution is 6.12. The summed E-state index contributed by atoms with van der Waals surface area (Å²) in [6, 6.07) is 20.6. The molecular formula is C24H20N2O2. The molecule has 0 aliphatic rings. The molecule has 28 heavy (non-hydrogen) atoms. The second-order valence-corrected chi connectivity index (χ2v) is 6.93. The minimum atomic E-state index is 0.745. The smallest absolute Gasteiger partial charge is 0.123 e. The van der Waals surface area contributed by atoms with Crippen LogP contribution < -0.4 is 9.47 Å². The number of rotatable bonds is 3. The third-order valence-electron chi connectivity index (χ3n) is 5.30. The van der Waals surface area contributed by atoms with E-state index in [1.54, 1.807) is 14.2 Å². The average molecular weight is 368 g/mol. The van der Waals surface area contributed by atoms with E-state index in [0.29, 0.717) is 0 Å². The molecule has 4 nitrogen and oxygen atoms in total. The number of benzene rings is 2. The van der Waals surface area contributed by atoms with Gasteiger partial charge >= 0.3 is 0 Å². The van der Waals surface area contributed by atoms with E-state index in [9.17, 15) is 0 Å². The van der Waals surface area contributed by atoms with Gasteiger partial charge in [0.2, 0.25) is 0 Å². The van der Waals surface area contributed by atoms with E-state index in [-0.39, 0.29) is 0 Å². The fourth-order valence-corrected chi connectivity index (χ4v) is 3.91. The second-order valence-electron chi connectivity index (χ2n) is 6.93. The predicted molar refractivity (Wildman–Crippen MR) is 113 cm³/mol. The molecule has 0 spiro atoms. The summed E-state index contributed by atoms with van der Waals surface area (Å²) in [7, 11) is 3.33. The van der Waals surface area contributed by atoms with E-state index in [4.69, 9.17) is 14.5 Å². The van der Waals surface area contributed by atoms with Crippen LogP contribution >= 0.6 is 0 Å². The molecule has 0 saturated carbocycles. The minimum Gasteiger partial charge on any atom is -0.497 e. The summed E-state index contributed by atoms with van der Waals surface area (Å²) in [5.74, 6) is 1.49. The highest BCUT2D eigenvalue weighted by Crippen LogP contribution is 2.37. The normalized spacial score (nSPS) is 11.4. The molecule has 0 radical (unpaired) electrons. The van der Waals surface area contributed by atoms with E-state index in [1.165, 1.54) is 16.5 Å². The predicted octanol–water partition coefficient (Wildman–Crippen LogP) is 5.63. The molecule has 0 saturated heterocycles. The summed E-state index contributed by atoms with van der Waals surface area (Å²) >= 11 is 0. The Morgan fingerprint density at radius 2 is 1.57 bits per heavy atom. The molecule has 3 aromatic heterocycles. The van der Waals surface area contributed by atoms with Crippen LogP contribution in [-0.4, -0.2) is 23.6 Å². The number of ether oxygens (including phenoxy) is 2. The average Bonchev–Trinajstić information content (AvgIpc) is 3.14. The van der Waals surface area contributed by atoms with Crippen molar-refractivity contribution in [1.29, 1.82) is 0 Å². The zero-order valence-corrected chi connectivity index (χ0v) is 16.1. The first-order valence-corrected chi connectivity index (χ1v) is 9.22. The van der Waals surface area contributed by atoms with E-state index >= 15 is 0 Å². The molecule has 5 rings (SSSR count). The van der Waals surface area contributed by atoms with Crippen LogP contribution in [-0.2, 0) is 0 Å². The molecule has 0 N–H and O–H groups in total. The summed E-state index contributed by atoms with van der Waals surface area (Å²) in [6.45, 7) is 2.14. The Morgan fingerprint density at radius 3 is 2.32 bits per heavy atom. The first-order valence-electron chi connectivity index (χ1n) is 9.22. The van der Waals surface area contributed by atoms with Gasteiger partial charge in [0, 0.05) is 34.1 Å². The number of para-hydroxylation sites is 1. The number of hydrogen-bond donors (Lipinski definition) is 0. The van der Waals surface area contributed by atoms with E-state index in [0.717, 1.165) is 39.2 Å². The third-order valence-corrected chi connectivity index (χ3v) is 5.30. The van der Waals surface area contributed by atoms with Crippen LogP contribution in [0.25, 0.3) is 38.6 Å². The number of aryl methyl sites for hydroxylation is 1. The number of nitrogens with zero attached hydrogens (tertiary/aromatic N) is 2. The van der Waals surface area contributed by atoms with Crippen LogP contribution in [0.15, 0.2) is 66.9 Å². The van der Waals surface area contributed by atoms with Crippen molar-refractivity contribution >= 4 is 27.3 Å². The van der Waals surface area contributed by atoms with Gasteiger partial charge in [0.1, 0.15) is 11.5 Å². The van der Waals surface area contributed by atoms with Crippen molar-refractivity contribution in [1.82, 2.24) is 9.38 Å². The molecule has 5 aromatic rings. The molecule has 0 amide bonds. The molecule has 0 fully saturated rings. The second kappa shape index (κ2) is 6.27. The first kappa shape index (κ1) is 16.6. The lowest BCUT2D eigenvalue weighted by atomic mass is 10.0. The van der Waals surface area contributed by atoms with Gasteiger partial charge in [-0.15, -0.1) is 0 Å². The molecule has 0 aliphatic heterocycles. The van der Waals surface area contributed by atoms with Gasteiger partial charge in [-0.3, -0.25) is 0 Å². The summed E-state index contributed by atoms with van der Waals surface area (Å²) in [5.41, 5.74) is 6.36. The van der Waals surface area contributed by atoms with Crippen LogP contribution in [0, 0.1) is 6.92 Å². The third kappa shape index (κ3) is 2.42. The van der Waals surface area contributed by atoms with Gasteiger partial charge in [-0.1, -0.05) is 24.3 Å². The van der Waals surface area contributed by atoms with Crippen molar-refractivity contribution in [3.8, 4) is 22.8 Å². The Bertz CT molecular complexity index is 1330. The maximum absolute atomic E-state index is 5.49. The Hall–Kier alpha value is -3.53. The summed E-state index contributed by atoms with van der Waals surface area (Å²) in [5, 5.41) is 2.34. The molecule has 0 bridgehead atoms. The van der Waals surface area contributed by atoms with Crippen LogP contribution in [0.4, 0.5) is 0 Å². The summed E-state index contributed by atoms with van der Waals surface area (Å²) < 4.78 is 13.2. The topological polar surface area (TPSA) is 35.8 Å². The van der Waals surface area contributed by atoms with Gasteiger partial charge in [-0.05, 0) is 42.8 Å². The van der Waals surface area contributed by atoms with Gasteiger partial charge < -0.3 is 13.9 Å². The quantitative estimate of drug-likeness (QED) is 0.414. The number of aromatic nitrogens is 2. The molecule has 0 aliphatic carbocycles. The Labute approximate surface area is 163 Å². The van der Waals surface area contributed by atoms with Crippen LogP contribution in [0.5, 0.6) is 11.5 Å². The van der Waals surface area contributed by atoms with Crippen molar-refractivity contribution < 1.29 is 9.47 Å². The van der Waals surface area contributed by atoms with Gasteiger partial charge in [-0.25, -0.2) is 4.98 Å². The number of fused-ring (bicyclic) bond motifs is 5. The largest absolute Gasteiger partial charge is 0.497 e. The summed E-state index contributed by atoms with van der Waals surface area (Å²) in [6.07, 6.45) is 2.10. The highest BCUT2D eigenvalue weighted by Gasteiger charge is 2.17. The maximum Gasteiger partial charge on any atom is 0.123 e. The maximum atomic E-state index is 5.49. The SMILES string of the molecule is COc1cc(OC)cc(-c2nc3ccccc3c3cc4c(C)cccn4c23)c1. The fraction of sp³-hybridized carbons (Fsp3) is 0.125. The van der Waals surface area contributed by atoms with E-state index < -0.39 is 0 Å². The Kier molecular flexibility index (Phi) is 3.72. The van der Waals surface area contributed by atoms with E-state index in [2.05, 4.69) is 53.9 Å². The molecule has 138 valence electrons. The van der Waals surface area contributed by atoms with Crippen molar-refractivity contribution in [3.63, 3.8) is 0 Å². The molecule has 0 atom stereocenters. The zero-order valence-electron chi connectivity index (χ0n) is 16.1. The fourth-order valence-electron chi connectivity index (χ4n) is 3.91. The minimum absolute atomic E-state index is 0.745. The van der Waals surface area contributed by atoms with Crippen LogP contribution in [0.1, 0.15) is 5.56 Å². The first-order chi connectivity index (χ1) is 13.7. The van der Waals surface area contributed by atoms with Crippen molar-refractivity contribution in [2.45, 2.75) is 6.92 Å². The highest BCUT2D eigenvalue weighted by atomic mass is 16.5. The molecule has 2 aromatic carbocycles. The van der Waals surface area contributed by atoms with Crippen molar-refractivity contribution in [2.24, 2.45) is 0 Å². The lowest BCUT2D eigenvalue weighted by Crippen LogP contribution is -1.94. The van der Waals surface area contributed by atoms with Crippen LogP contribution in [0.3, 0.4) is 0 Å². The van der Waals surface area contributed by atoms with Gasteiger partial charge in [0.05, 0.1) is 30.9 Å².